The van der Waals surface area contributed by atoms with Crippen molar-refractivity contribution in [1.29, 1.82) is 0 Å². The Labute approximate surface area is 75.6 Å². The highest BCUT2D eigenvalue weighted by molar-refractivity contribution is 4.75. The third-order valence-corrected chi connectivity index (χ3v) is 2.73. The summed E-state index contributed by atoms with van der Waals surface area (Å²) >= 11 is 0. The van der Waals surface area contributed by atoms with E-state index in [1.54, 1.807) is 0 Å². The van der Waals surface area contributed by atoms with E-state index in [1.165, 1.54) is 19.5 Å². The van der Waals surface area contributed by atoms with Crippen LogP contribution in [-0.2, 0) is 0 Å². The molecular formula is C10H21NO. The average Bonchev–Trinajstić information content (AvgIpc) is 2.15. The van der Waals surface area contributed by atoms with Crippen LogP contribution in [0.1, 0.15) is 39.5 Å². The quantitative estimate of drug-likeness (QED) is 0.682. The van der Waals surface area contributed by atoms with Crippen molar-refractivity contribution < 1.29 is 5.11 Å². The van der Waals surface area contributed by atoms with E-state index >= 15 is 0 Å². The molecule has 2 atom stereocenters. The number of likely N-dealkylation sites (tertiary alicyclic amines) is 1. The van der Waals surface area contributed by atoms with Gasteiger partial charge in [-0.1, -0.05) is 6.92 Å². The zero-order chi connectivity index (χ0) is 8.97. The van der Waals surface area contributed by atoms with Crippen LogP contribution in [-0.4, -0.2) is 35.2 Å². The van der Waals surface area contributed by atoms with Crippen LogP contribution < -0.4 is 0 Å². The summed E-state index contributed by atoms with van der Waals surface area (Å²) in [7, 11) is 0. The summed E-state index contributed by atoms with van der Waals surface area (Å²) in [6, 6.07) is 0.572. The van der Waals surface area contributed by atoms with Crippen molar-refractivity contribution in [3.63, 3.8) is 0 Å². The fourth-order valence-corrected chi connectivity index (χ4v) is 2.03. The first-order valence-corrected chi connectivity index (χ1v) is 5.16. The van der Waals surface area contributed by atoms with Crippen molar-refractivity contribution in [3.05, 3.63) is 0 Å². The van der Waals surface area contributed by atoms with Gasteiger partial charge >= 0.3 is 0 Å². The molecule has 0 spiro atoms. The average molecular weight is 171 g/mol. The molecule has 0 aromatic rings. The van der Waals surface area contributed by atoms with Crippen LogP contribution in [0, 0.1) is 0 Å². The third-order valence-electron chi connectivity index (χ3n) is 2.73. The van der Waals surface area contributed by atoms with Gasteiger partial charge in [-0.2, -0.15) is 0 Å². The molecular weight excluding hydrogens is 150 g/mol. The number of aliphatic hydroxyl groups excluding tert-OH is 1. The fourth-order valence-electron chi connectivity index (χ4n) is 2.03. The highest BCUT2D eigenvalue weighted by atomic mass is 16.3. The lowest BCUT2D eigenvalue weighted by Crippen LogP contribution is -2.34. The van der Waals surface area contributed by atoms with Crippen LogP contribution in [0.4, 0.5) is 0 Å². The van der Waals surface area contributed by atoms with Gasteiger partial charge in [0, 0.05) is 6.04 Å². The first-order valence-electron chi connectivity index (χ1n) is 5.16. The highest BCUT2D eigenvalue weighted by Gasteiger charge is 2.20. The van der Waals surface area contributed by atoms with Gasteiger partial charge in [0.25, 0.3) is 0 Å². The van der Waals surface area contributed by atoms with Gasteiger partial charge in [0.05, 0.1) is 6.10 Å². The lowest BCUT2D eigenvalue weighted by Gasteiger charge is -2.26. The van der Waals surface area contributed by atoms with Gasteiger partial charge in [-0.3, -0.25) is 0 Å². The van der Waals surface area contributed by atoms with Gasteiger partial charge in [-0.25, -0.2) is 0 Å². The molecule has 1 N–H and O–H groups in total. The van der Waals surface area contributed by atoms with E-state index in [2.05, 4.69) is 18.7 Å². The van der Waals surface area contributed by atoms with Crippen LogP contribution in [0.5, 0.6) is 0 Å². The molecule has 2 unspecified atom stereocenters. The molecule has 1 saturated heterocycles. The Hall–Kier alpha value is -0.0800. The van der Waals surface area contributed by atoms with Crippen molar-refractivity contribution in [2.45, 2.75) is 51.7 Å². The Morgan fingerprint density at radius 3 is 2.92 bits per heavy atom. The zero-order valence-corrected chi connectivity index (χ0v) is 8.29. The van der Waals surface area contributed by atoms with Gasteiger partial charge in [0.1, 0.15) is 0 Å². The minimum absolute atomic E-state index is 0.0538. The van der Waals surface area contributed by atoms with Gasteiger partial charge in [-0.05, 0) is 45.7 Å². The maximum atomic E-state index is 9.52. The standard InChI is InChI=1S/C10H21NO/c1-3-6-11-7-4-5-10(12)8-9(11)2/h9-10,12H,3-8H2,1-2H3. The Morgan fingerprint density at radius 1 is 1.50 bits per heavy atom. The molecule has 1 heterocycles. The molecule has 2 heteroatoms. The molecule has 2 nitrogen and oxygen atoms in total. The van der Waals surface area contributed by atoms with Gasteiger partial charge in [-0.15, -0.1) is 0 Å². The first-order chi connectivity index (χ1) is 5.74. The summed E-state index contributed by atoms with van der Waals surface area (Å²) in [5.74, 6) is 0. The van der Waals surface area contributed by atoms with Crippen LogP contribution in [0.2, 0.25) is 0 Å². The maximum absolute atomic E-state index is 9.52. The molecule has 1 rings (SSSR count). The number of aliphatic hydroxyl groups is 1. The number of rotatable bonds is 2. The van der Waals surface area contributed by atoms with E-state index < -0.39 is 0 Å². The molecule has 0 aliphatic carbocycles. The zero-order valence-electron chi connectivity index (χ0n) is 8.29. The summed E-state index contributed by atoms with van der Waals surface area (Å²) in [4.78, 5) is 2.50. The second kappa shape index (κ2) is 4.83. The first kappa shape index (κ1) is 10.0. The van der Waals surface area contributed by atoms with E-state index in [-0.39, 0.29) is 6.10 Å². The summed E-state index contributed by atoms with van der Waals surface area (Å²) in [6.45, 7) is 6.80. The molecule has 12 heavy (non-hydrogen) atoms. The van der Waals surface area contributed by atoms with Crippen molar-refractivity contribution in [3.8, 4) is 0 Å². The Balaban J connectivity index is 2.40. The molecule has 72 valence electrons. The fraction of sp³-hybridized carbons (Fsp3) is 1.00. The Kier molecular flexibility index (Phi) is 4.02. The van der Waals surface area contributed by atoms with Crippen LogP contribution in [0.15, 0.2) is 0 Å². The highest BCUT2D eigenvalue weighted by Crippen LogP contribution is 2.16. The second-order valence-electron chi connectivity index (χ2n) is 3.92. The summed E-state index contributed by atoms with van der Waals surface area (Å²) < 4.78 is 0. The van der Waals surface area contributed by atoms with Gasteiger partial charge in [0.2, 0.25) is 0 Å². The van der Waals surface area contributed by atoms with E-state index in [4.69, 9.17) is 0 Å². The Morgan fingerprint density at radius 2 is 2.25 bits per heavy atom. The second-order valence-corrected chi connectivity index (χ2v) is 3.92. The monoisotopic (exact) mass is 171 g/mol. The number of hydrogen-bond donors (Lipinski definition) is 1. The predicted molar refractivity (Wildman–Crippen MR) is 51.2 cm³/mol. The van der Waals surface area contributed by atoms with E-state index in [0.717, 1.165) is 19.3 Å². The van der Waals surface area contributed by atoms with Crippen molar-refractivity contribution in [2.75, 3.05) is 13.1 Å². The van der Waals surface area contributed by atoms with Crippen molar-refractivity contribution in [1.82, 2.24) is 4.90 Å². The molecule has 0 radical (unpaired) electrons. The van der Waals surface area contributed by atoms with Gasteiger partial charge < -0.3 is 10.0 Å². The molecule has 0 aromatic heterocycles. The van der Waals surface area contributed by atoms with Crippen molar-refractivity contribution >= 4 is 0 Å². The van der Waals surface area contributed by atoms with E-state index in [0.29, 0.717) is 6.04 Å². The topological polar surface area (TPSA) is 23.5 Å². The van der Waals surface area contributed by atoms with E-state index in [9.17, 15) is 5.11 Å². The predicted octanol–water partition coefficient (Wildman–Crippen LogP) is 1.63. The van der Waals surface area contributed by atoms with Crippen LogP contribution >= 0.6 is 0 Å². The summed E-state index contributed by atoms with van der Waals surface area (Å²) in [6.07, 6.45) is 4.28. The Bertz CT molecular complexity index is 127. The third kappa shape index (κ3) is 2.76. The van der Waals surface area contributed by atoms with Crippen molar-refractivity contribution in [2.24, 2.45) is 0 Å². The number of hydrogen-bond acceptors (Lipinski definition) is 2. The number of nitrogens with zero attached hydrogens (tertiary/aromatic N) is 1. The molecule has 1 fully saturated rings. The normalized spacial score (nSPS) is 33.2. The molecule has 0 aromatic carbocycles. The molecule has 1 aliphatic rings. The maximum Gasteiger partial charge on any atom is 0.0555 e. The molecule has 0 amide bonds. The molecule has 1 aliphatic heterocycles. The molecule has 0 bridgehead atoms. The lowest BCUT2D eigenvalue weighted by molar-refractivity contribution is 0.132. The summed E-state index contributed by atoms with van der Waals surface area (Å²) in [5, 5.41) is 9.52. The SMILES string of the molecule is CCCN1CCCC(O)CC1C. The van der Waals surface area contributed by atoms with Gasteiger partial charge in [0.15, 0.2) is 0 Å². The largest absolute Gasteiger partial charge is 0.393 e. The van der Waals surface area contributed by atoms with E-state index in [1.807, 2.05) is 0 Å². The molecule has 0 saturated carbocycles. The van der Waals surface area contributed by atoms with Crippen LogP contribution in [0.25, 0.3) is 0 Å². The smallest absolute Gasteiger partial charge is 0.0555 e. The minimum atomic E-state index is -0.0538. The lowest BCUT2D eigenvalue weighted by atomic mass is 10.1. The minimum Gasteiger partial charge on any atom is -0.393 e. The van der Waals surface area contributed by atoms with Crippen LogP contribution in [0.3, 0.4) is 0 Å². The summed E-state index contributed by atoms with van der Waals surface area (Å²) in [5.41, 5.74) is 0.